The number of aromatic nitrogens is 1. The van der Waals surface area contributed by atoms with E-state index in [0.717, 1.165) is 12.5 Å². The van der Waals surface area contributed by atoms with Crippen LogP contribution in [0.15, 0.2) is 12.1 Å². The average molecular weight is 198 g/mol. The molecule has 0 spiro atoms. The minimum atomic E-state index is -0.801. The standard InChI is InChI=1S/C10H12F2N2/c11-9-4-3-7(10(12)14-9)8(13)5-6-1-2-6/h3-4,6,8H,1-2,5,13H2. The highest BCUT2D eigenvalue weighted by atomic mass is 19.1. The molecule has 1 aromatic heterocycles. The maximum Gasteiger partial charge on any atom is 0.220 e. The highest BCUT2D eigenvalue weighted by molar-refractivity contribution is 5.16. The molecule has 1 saturated carbocycles. The van der Waals surface area contributed by atoms with Crippen LogP contribution in [0.4, 0.5) is 8.78 Å². The van der Waals surface area contributed by atoms with E-state index in [2.05, 4.69) is 4.98 Å². The number of hydrogen-bond donors (Lipinski definition) is 1. The molecule has 14 heavy (non-hydrogen) atoms. The maximum absolute atomic E-state index is 13.1. The molecule has 0 bridgehead atoms. The Labute approximate surface area is 81.1 Å². The zero-order chi connectivity index (χ0) is 10.1. The Hall–Kier alpha value is -1.03. The Kier molecular flexibility index (Phi) is 2.46. The van der Waals surface area contributed by atoms with Crippen LogP contribution in [0.2, 0.25) is 0 Å². The summed E-state index contributed by atoms with van der Waals surface area (Å²) in [6.45, 7) is 0. The molecule has 0 amide bonds. The maximum atomic E-state index is 13.1. The van der Waals surface area contributed by atoms with Crippen LogP contribution in [0.25, 0.3) is 0 Å². The second-order valence-corrected chi connectivity index (χ2v) is 3.80. The first kappa shape index (κ1) is 9.52. The van der Waals surface area contributed by atoms with Crippen LogP contribution in [0.5, 0.6) is 0 Å². The highest BCUT2D eigenvalue weighted by Gasteiger charge is 2.25. The lowest BCUT2D eigenvalue weighted by molar-refractivity contribution is 0.480. The number of pyridine rings is 1. The number of hydrogen-bond acceptors (Lipinski definition) is 2. The fraction of sp³-hybridized carbons (Fsp3) is 0.500. The zero-order valence-corrected chi connectivity index (χ0v) is 7.71. The molecule has 2 N–H and O–H groups in total. The lowest BCUT2D eigenvalue weighted by atomic mass is 10.0. The second-order valence-electron chi connectivity index (χ2n) is 3.80. The summed E-state index contributed by atoms with van der Waals surface area (Å²) in [6.07, 6.45) is 3.11. The van der Waals surface area contributed by atoms with Gasteiger partial charge in [-0.05, 0) is 24.5 Å². The summed E-state index contributed by atoms with van der Waals surface area (Å²) in [5.74, 6) is -0.961. The summed E-state index contributed by atoms with van der Waals surface area (Å²) in [4.78, 5) is 3.11. The van der Waals surface area contributed by atoms with Crippen molar-refractivity contribution in [3.63, 3.8) is 0 Å². The lowest BCUT2D eigenvalue weighted by Gasteiger charge is -2.11. The Morgan fingerprint density at radius 2 is 2.14 bits per heavy atom. The zero-order valence-electron chi connectivity index (χ0n) is 7.71. The van der Waals surface area contributed by atoms with Gasteiger partial charge in [0.25, 0.3) is 0 Å². The molecule has 2 nitrogen and oxygen atoms in total. The van der Waals surface area contributed by atoms with E-state index in [1.54, 1.807) is 0 Å². The monoisotopic (exact) mass is 198 g/mol. The van der Waals surface area contributed by atoms with Crippen molar-refractivity contribution in [2.45, 2.75) is 25.3 Å². The summed E-state index contributed by atoms with van der Waals surface area (Å²) in [6, 6.07) is 2.17. The van der Waals surface area contributed by atoms with Gasteiger partial charge in [-0.25, -0.2) is 0 Å². The van der Waals surface area contributed by atoms with Gasteiger partial charge in [-0.15, -0.1) is 0 Å². The van der Waals surface area contributed by atoms with Gasteiger partial charge >= 0.3 is 0 Å². The van der Waals surface area contributed by atoms with Crippen LogP contribution < -0.4 is 5.73 Å². The minimum absolute atomic E-state index is 0.318. The molecule has 1 aliphatic carbocycles. The molecule has 1 aliphatic rings. The average Bonchev–Trinajstić information content (AvgIpc) is 2.87. The number of rotatable bonds is 3. The van der Waals surface area contributed by atoms with E-state index < -0.39 is 11.9 Å². The fourth-order valence-corrected chi connectivity index (χ4v) is 1.54. The van der Waals surface area contributed by atoms with Crippen LogP contribution in [0.3, 0.4) is 0 Å². The molecular weight excluding hydrogens is 186 g/mol. The largest absolute Gasteiger partial charge is 0.324 e. The van der Waals surface area contributed by atoms with Crippen LogP contribution in [0, 0.1) is 17.8 Å². The first-order valence-corrected chi connectivity index (χ1v) is 4.74. The lowest BCUT2D eigenvalue weighted by Crippen LogP contribution is -2.14. The van der Waals surface area contributed by atoms with E-state index in [9.17, 15) is 8.78 Å². The van der Waals surface area contributed by atoms with E-state index in [1.807, 2.05) is 0 Å². The van der Waals surface area contributed by atoms with Gasteiger partial charge in [-0.3, -0.25) is 0 Å². The Morgan fingerprint density at radius 3 is 2.71 bits per heavy atom. The van der Waals surface area contributed by atoms with E-state index >= 15 is 0 Å². The predicted octanol–water partition coefficient (Wildman–Crippen LogP) is 2.16. The SMILES string of the molecule is NC(CC1CC1)c1ccc(F)nc1F. The van der Waals surface area contributed by atoms with Gasteiger partial charge in [0.1, 0.15) is 0 Å². The van der Waals surface area contributed by atoms with Gasteiger partial charge in [0.15, 0.2) is 0 Å². The Bertz CT molecular complexity index is 337. The Balaban J connectivity index is 2.13. The summed E-state index contributed by atoms with van der Waals surface area (Å²) in [7, 11) is 0. The molecule has 76 valence electrons. The molecule has 1 unspecified atom stereocenters. The normalized spacial score (nSPS) is 18.2. The second kappa shape index (κ2) is 3.61. The van der Waals surface area contributed by atoms with E-state index in [-0.39, 0.29) is 6.04 Å². The topological polar surface area (TPSA) is 38.9 Å². The van der Waals surface area contributed by atoms with Gasteiger partial charge in [0, 0.05) is 11.6 Å². The Morgan fingerprint density at radius 1 is 1.43 bits per heavy atom. The van der Waals surface area contributed by atoms with E-state index in [0.29, 0.717) is 11.5 Å². The van der Waals surface area contributed by atoms with Gasteiger partial charge < -0.3 is 5.73 Å². The molecule has 2 rings (SSSR count). The van der Waals surface area contributed by atoms with Gasteiger partial charge in [0.2, 0.25) is 11.9 Å². The molecule has 4 heteroatoms. The van der Waals surface area contributed by atoms with Crippen molar-refractivity contribution in [2.75, 3.05) is 0 Å². The first-order chi connectivity index (χ1) is 6.66. The van der Waals surface area contributed by atoms with E-state index in [1.165, 1.54) is 18.9 Å². The van der Waals surface area contributed by atoms with Crippen molar-refractivity contribution in [1.29, 1.82) is 0 Å². The van der Waals surface area contributed by atoms with Gasteiger partial charge in [-0.2, -0.15) is 13.8 Å². The third-order valence-electron chi connectivity index (χ3n) is 2.53. The molecular formula is C10H12F2N2. The highest BCUT2D eigenvalue weighted by Crippen LogP contribution is 2.36. The van der Waals surface area contributed by atoms with Crippen LogP contribution in [-0.4, -0.2) is 4.98 Å². The molecule has 1 heterocycles. The quantitative estimate of drug-likeness (QED) is 0.756. The van der Waals surface area contributed by atoms with Crippen molar-refractivity contribution in [3.8, 4) is 0 Å². The molecule has 1 atom stereocenters. The summed E-state index contributed by atoms with van der Waals surface area (Å²) in [5.41, 5.74) is 6.10. The molecule has 0 radical (unpaired) electrons. The summed E-state index contributed by atoms with van der Waals surface area (Å²) >= 11 is 0. The van der Waals surface area contributed by atoms with Crippen LogP contribution >= 0.6 is 0 Å². The predicted molar refractivity (Wildman–Crippen MR) is 48.4 cm³/mol. The van der Waals surface area contributed by atoms with Gasteiger partial charge in [-0.1, -0.05) is 12.8 Å². The fourth-order valence-electron chi connectivity index (χ4n) is 1.54. The summed E-state index contributed by atoms with van der Waals surface area (Å²) in [5, 5.41) is 0. The minimum Gasteiger partial charge on any atom is -0.324 e. The third kappa shape index (κ3) is 2.07. The molecule has 1 aromatic rings. The van der Waals surface area contributed by atoms with Crippen LogP contribution in [0.1, 0.15) is 30.9 Å². The van der Waals surface area contributed by atoms with Crippen molar-refractivity contribution in [3.05, 3.63) is 29.6 Å². The smallest absolute Gasteiger partial charge is 0.220 e. The van der Waals surface area contributed by atoms with Crippen molar-refractivity contribution < 1.29 is 8.78 Å². The van der Waals surface area contributed by atoms with Crippen molar-refractivity contribution in [1.82, 2.24) is 4.98 Å². The first-order valence-electron chi connectivity index (χ1n) is 4.74. The van der Waals surface area contributed by atoms with Crippen molar-refractivity contribution in [2.24, 2.45) is 11.7 Å². The third-order valence-corrected chi connectivity index (χ3v) is 2.53. The van der Waals surface area contributed by atoms with E-state index in [4.69, 9.17) is 5.73 Å². The number of halogens is 2. The van der Waals surface area contributed by atoms with Gasteiger partial charge in [0.05, 0.1) is 0 Å². The summed E-state index contributed by atoms with van der Waals surface area (Å²) < 4.78 is 25.6. The van der Waals surface area contributed by atoms with Crippen LogP contribution in [-0.2, 0) is 0 Å². The molecule has 0 aromatic carbocycles. The van der Waals surface area contributed by atoms with Crippen molar-refractivity contribution >= 4 is 0 Å². The number of nitrogens with zero attached hydrogens (tertiary/aromatic N) is 1. The number of nitrogens with two attached hydrogens (primary N) is 1. The molecule has 1 fully saturated rings. The molecule has 0 saturated heterocycles. The molecule has 0 aliphatic heterocycles.